The maximum atomic E-state index is 4.45. The second kappa shape index (κ2) is 6.68. The first-order chi connectivity index (χ1) is 16.4. The van der Waals surface area contributed by atoms with Crippen molar-refractivity contribution in [1.82, 2.24) is 58.6 Å². The molecule has 0 radical (unpaired) electrons. The fourth-order valence-corrected chi connectivity index (χ4v) is 3.93. The lowest BCUT2D eigenvalue weighted by Crippen LogP contribution is -2.04. The van der Waals surface area contributed by atoms with Crippen LogP contribution in [0, 0.1) is 0 Å². The van der Waals surface area contributed by atoms with E-state index in [0.717, 1.165) is 33.6 Å². The lowest BCUT2D eigenvalue weighted by molar-refractivity contribution is 1.00. The lowest BCUT2D eigenvalue weighted by Gasteiger charge is -2.15. The monoisotopic (exact) mass is 432 g/mol. The Kier molecular flexibility index (Phi) is 3.55. The average Bonchev–Trinajstić information content (AvgIpc) is 3.60. The Hall–Kier alpha value is -5.13. The van der Waals surface area contributed by atoms with Gasteiger partial charge in [-0.2, -0.15) is 0 Å². The van der Waals surface area contributed by atoms with E-state index in [9.17, 15) is 0 Å². The molecule has 0 aliphatic heterocycles. The van der Waals surface area contributed by atoms with Gasteiger partial charge in [-0.05, 0) is 18.2 Å². The molecule has 156 valence electrons. The first-order valence-electron chi connectivity index (χ1n) is 9.91. The highest BCUT2D eigenvalue weighted by molar-refractivity contribution is 5.78. The van der Waals surface area contributed by atoms with E-state index in [1.54, 1.807) is 37.6 Å². The maximum absolute atomic E-state index is 4.45. The van der Waals surface area contributed by atoms with Crippen molar-refractivity contribution in [3.05, 3.63) is 74.8 Å². The molecule has 12 nitrogen and oxygen atoms in total. The Morgan fingerprint density at radius 1 is 0.485 bits per heavy atom. The molecule has 0 saturated carbocycles. The molecule has 7 rings (SSSR count). The zero-order chi connectivity index (χ0) is 21.8. The molecule has 0 amide bonds. The topological polar surface area (TPSA) is 131 Å². The van der Waals surface area contributed by atoms with Crippen molar-refractivity contribution in [3.8, 4) is 17.1 Å². The van der Waals surface area contributed by atoms with Gasteiger partial charge in [-0.3, -0.25) is 13.7 Å². The highest BCUT2D eigenvalue weighted by Crippen LogP contribution is 2.28. The largest absolute Gasteiger partial charge is 0.296 e. The van der Waals surface area contributed by atoms with Crippen LogP contribution in [0.3, 0.4) is 0 Å². The fraction of sp³-hybridized carbons (Fsp3) is 0. The van der Waals surface area contributed by atoms with Crippen LogP contribution in [0.25, 0.3) is 50.6 Å². The minimum absolute atomic E-state index is 0.599. The predicted octanol–water partition coefficient (Wildman–Crippen LogP) is 2.07. The fourth-order valence-electron chi connectivity index (χ4n) is 3.93. The number of rotatable bonds is 3. The molecule has 0 aliphatic rings. The molecule has 0 atom stereocenters. The molecule has 6 aromatic heterocycles. The van der Waals surface area contributed by atoms with Crippen LogP contribution < -0.4 is 0 Å². The van der Waals surface area contributed by atoms with Crippen molar-refractivity contribution >= 4 is 33.5 Å². The van der Waals surface area contributed by atoms with Crippen molar-refractivity contribution in [1.29, 1.82) is 0 Å². The third-order valence-corrected chi connectivity index (χ3v) is 5.44. The zero-order valence-corrected chi connectivity index (χ0v) is 16.8. The van der Waals surface area contributed by atoms with E-state index in [-0.39, 0.29) is 0 Å². The summed E-state index contributed by atoms with van der Waals surface area (Å²) >= 11 is 0. The maximum Gasteiger partial charge on any atom is 0.181 e. The lowest BCUT2D eigenvalue weighted by atomic mass is 10.2. The van der Waals surface area contributed by atoms with E-state index in [1.807, 2.05) is 31.9 Å². The van der Waals surface area contributed by atoms with Crippen LogP contribution >= 0.6 is 0 Å². The molecule has 0 spiro atoms. The number of aromatic nitrogens is 12. The predicted molar refractivity (Wildman–Crippen MR) is 117 cm³/mol. The Labute approximate surface area is 184 Å². The third-order valence-electron chi connectivity index (χ3n) is 5.44. The van der Waals surface area contributed by atoms with Gasteiger partial charge < -0.3 is 0 Å². The first-order valence-corrected chi connectivity index (χ1v) is 9.91. The van der Waals surface area contributed by atoms with Gasteiger partial charge in [0.15, 0.2) is 16.9 Å². The summed E-state index contributed by atoms with van der Waals surface area (Å²) in [5.41, 5.74) is 6.77. The van der Waals surface area contributed by atoms with Crippen LogP contribution in [-0.2, 0) is 0 Å². The molecular formula is C21H12N12. The summed E-state index contributed by atoms with van der Waals surface area (Å²) in [5, 5.41) is 0. The minimum atomic E-state index is 0.599. The SMILES string of the molecule is c1ncc2c(n1)ncn2-c1ccc(-n2cnc3ncncc32)c(-n2cnc3ncncc32)c1. The van der Waals surface area contributed by atoms with Gasteiger partial charge in [0.25, 0.3) is 0 Å². The number of fused-ring (bicyclic) bond motifs is 3. The Balaban J connectivity index is 1.53. The molecule has 0 saturated heterocycles. The van der Waals surface area contributed by atoms with E-state index < -0.39 is 0 Å². The zero-order valence-electron chi connectivity index (χ0n) is 16.8. The highest BCUT2D eigenvalue weighted by atomic mass is 15.2. The number of benzene rings is 1. The molecule has 6 heterocycles. The van der Waals surface area contributed by atoms with Crippen LogP contribution in [0.15, 0.2) is 74.8 Å². The summed E-state index contributed by atoms with van der Waals surface area (Å²) in [6.07, 6.45) is 14.9. The van der Waals surface area contributed by atoms with E-state index in [1.165, 1.54) is 19.0 Å². The summed E-state index contributed by atoms with van der Waals surface area (Å²) in [6, 6.07) is 6.04. The number of imidazole rings is 3. The summed E-state index contributed by atoms with van der Waals surface area (Å²) in [4.78, 5) is 38.5. The van der Waals surface area contributed by atoms with Gasteiger partial charge in [0.1, 0.15) is 54.5 Å². The summed E-state index contributed by atoms with van der Waals surface area (Å²) in [5.74, 6) is 0. The summed E-state index contributed by atoms with van der Waals surface area (Å²) < 4.78 is 5.83. The van der Waals surface area contributed by atoms with E-state index in [0.29, 0.717) is 16.9 Å². The van der Waals surface area contributed by atoms with Crippen LogP contribution in [-0.4, -0.2) is 58.6 Å². The van der Waals surface area contributed by atoms with E-state index in [4.69, 9.17) is 0 Å². The number of hydrogen-bond donors (Lipinski definition) is 0. The van der Waals surface area contributed by atoms with Gasteiger partial charge >= 0.3 is 0 Å². The average molecular weight is 432 g/mol. The van der Waals surface area contributed by atoms with Crippen molar-refractivity contribution in [2.75, 3.05) is 0 Å². The first kappa shape index (κ1) is 17.5. The molecular weight excluding hydrogens is 420 g/mol. The van der Waals surface area contributed by atoms with Crippen molar-refractivity contribution in [2.45, 2.75) is 0 Å². The van der Waals surface area contributed by atoms with Gasteiger partial charge in [0.2, 0.25) is 0 Å². The standard InChI is InChI=1S/C21H12N12/c1-2-14(32-11-29-20-17(32)5-23-8-26-20)15(33-12-30-21-18(33)6-24-9-27-21)3-13(1)31-10-28-19-16(31)4-22-7-25-19/h1-12H. The molecule has 0 bridgehead atoms. The molecule has 0 N–H and O–H groups in total. The minimum Gasteiger partial charge on any atom is -0.296 e. The Morgan fingerprint density at radius 3 is 1.55 bits per heavy atom. The molecule has 1 aromatic carbocycles. The van der Waals surface area contributed by atoms with Crippen LogP contribution in [0.4, 0.5) is 0 Å². The Bertz CT molecular complexity index is 1790. The molecule has 12 heteroatoms. The quantitative estimate of drug-likeness (QED) is 0.412. The van der Waals surface area contributed by atoms with Crippen molar-refractivity contribution in [2.24, 2.45) is 0 Å². The van der Waals surface area contributed by atoms with E-state index in [2.05, 4.69) is 44.9 Å². The Morgan fingerprint density at radius 2 is 0.970 bits per heavy atom. The highest BCUT2D eigenvalue weighted by Gasteiger charge is 2.16. The van der Waals surface area contributed by atoms with Gasteiger partial charge in [-0.1, -0.05) is 0 Å². The smallest absolute Gasteiger partial charge is 0.181 e. The third kappa shape index (κ3) is 2.61. The second-order valence-electron chi connectivity index (χ2n) is 7.21. The van der Waals surface area contributed by atoms with Crippen LogP contribution in [0.2, 0.25) is 0 Å². The summed E-state index contributed by atoms with van der Waals surface area (Å²) in [7, 11) is 0. The van der Waals surface area contributed by atoms with Gasteiger partial charge in [-0.25, -0.2) is 44.9 Å². The molecule has 0 unspecified atom stereocenters. The molecule has 0 aliphatic carbocycles. The number of nitrogens with zero attached hydrogens (tertiary/aromatic N) is 12. The molecule has 33 heavy (non-hydrogen) atoms. The molecule has 7 aromatic rings. The molecule has 0 fully saturated rings. The van der Waals surface area contributed by atoms with Crippen molar-refractivity contribution in [3.63, 3.8) is 0 Å². The van der Waals surface area contributed by atoms with Gasteiger partial charge in [0.05, 0.1) is 30.0 Å². The van der Waals surface area contributed by atoms with Gasteiger partial charge in [-0.15, -0.1) is 0 Å². The summed E-state index contributed by atoms with van der Waals surface area (Å²) in [6.45, 7) is 0. The van der Waals surface area contributed by atoms with Crippen LogP contribution in [0.5, 0.6) is 0 Å². The van der Waals surface area contributed by atoms with Crippen molar-refractivity contribution < 1.29 is 0 Å². The second-order valence-corrected chi connectivity index (χ2v) is 7.21. The van der Waals surface area contributed by atoms with Crippen LogP contribution in [0.1, 0.15) is 0 Å². The van der Waals surface area contributed by atoms with E-state index >= 15 is 0 Å². The van der Waals surface area contributed by atoms with Gasteiger partial charge in [0, 0.05) is 5.69 Å². The normalized spacial score (nSPS) is 11.6. The number of hydrogen-bond acceptors (Lipinski definition) is 9.